The molecule has 1 N–H and O–H groups in total. The van der Waals surface area contributed by atoms with E-state index in [1.807, 2.05) is 6.20 Å². The van der Waals surface area contributed by atoms with E-state index in [1.165, 1.54) is 37.7 Å². The van der Waals surface area contributed by atoms with Crippen molar-refractivity contribution in [1.82, 2.24) is 4.98 Å². The van der Waals surface area contributed by atoms with Crippen LogP contribution in [0.3, 0.4) is 0 Å². The second-order valence-corrected chi connectivity index (χ2v) is 5.61. The van der Waals surface area contributed by atoms with Crippen molar-refractivity contribution in [2.45, 2.75) is 45.1 Å². The number of aromatic amines is 1. The highest BCUT2D eigenvalue weighted by Crippen LogP contribution is 2.31. The van der Waals surface area contributed by atoms with Crippen LogP contribution in [0.2, 0.25) is 0 Å². The van der Waals surface area contributed by atoms with Gasteiger partial charge in [0.15, 0.2) is 0 Å². The van der Waals surface area contributed by atoms with Crippen molar-refractivity contribution < 1.29 is 13.5 Å². The van der Waals surface area contributed by atoms with Crippen LogP contribution in [0.4, 0.5) is 8.78 Å². The average molecular weight is 279 g/mol. The Kier molecular flexibility index (Phi) is 3.90. The van der Waals surface area contributed by atoms with Crippen molar-refractivity contribution in [3.63, 3.8) is 0 Å². The zero-order valence-corrected chi connectivity index (χ0v) is 11.4. The number of fused-ring (bicyclic) bond motifs is 1. The van der Waals surface area contributed by atoms with E-state index in [1.54, 1.807) is 18.2 Å². The van der Waals surface area contributed by atoms with Gasteiger partial charge in [0.2, 0.25) is 0 Å². The Hall–Kier alpha value is -1.58. The van der Waals surface area contributed by atoms with Crippen LogP contribution in [-0.4, -0.2) is 11.6 Å². The van der Waals surface area contributed by atoms with Crippen molar-refractivity contribution in [3.8, 4) is 5.75 Å². The van der Waals surface area contributed by atoms with Crippen LogP contribution in [0.5, 0.6) is 5.75 Å². The quantitative estimate of drug-likeness (QED) is 0.846. The normalized spacial score (nSPS) is 16.9. The molecule has 1 saturated carbocycles. The lowest BCUT2D eigenvalue weighted by molar-refractivity contribution is -0.0497. The lowest BCUT2D eigenvalue weighted by Crippen LogP contribution is -2.08. The van der Waals surface area contributed by atoms with Crippen LogP contribution in [0.15, 0.2) is 24.4 Å². The van der Waals surface area contributed by atoms with Crippen LogP contribution < -0.4 is 4.74 Å². The number of aromatic nitrogens is 1. The summed E-state index contributed by atoms with van der Waals surface area (Å²) in [4.78, 5) is 3.22. The molecule has 0 atom stereocenters. The molecule has 0 aliphatic heterocycles. The summed E-state index contributed by atoms with van der Waals surface area (Å²) in [6.45, 7) is -2.77. The molecule has 1 aromatic carbocycles. The fourth-order valence-electron chi connectivity index (χ4n) is 3.20. The molecule has 1 aromatic heterocycles. The third kappa shape index (κ3) is 2.94. The number of rotatable bonds is 4. The van der Waals surface area contributed by atoms with E-state index in [-0.39, 0.29) is 5.75 Å². The molecule has 2 aromatic rings. The van der Waals surface area contributed by atoms with Crippen molar-refractivity contribution >= 4 is 10.9 Å². The zero-order chi connectivity index (χ0) is 13.9. The minimum atomic E-state index is -2.77. The van der Waals surface area contributed by atoms with E-state index in [0.717, 1.165) is 23.2 Å². The summed E-state index contributed by atoms with van der Waals surface area (Å²) in [7, 11) is 0. The molecule has 0 unspecified atom stereocenters. The summed E-state index contributed by atoms with van der Waals surface area (Å²) < 4.78 is 29.1. The Balaban J connectivity index is 1.82. The smallest absolute Gasteiger partial charge is 0.387 e. The summed E-state index contributed by atoms with van der Waals surface area (Å²) >= 11 is 0. The third-order valence-corrected chi connectivity index (χ3v) is 4.20. The van der Waals surface area contributed by atoms with E-state index in [0.29, 0.717) is 0 Å². The minimum Gasteiger partial charge on any atom is -0.435 e. The Morgan fingerprint density at radius 3 is 2.75 bits per heavy atom. The van der Waals surface area contributed by atoms with Crippen LogP contribution in [0.25, 0.3) is 10.9 Å². The summed E-state index contributed by atoms with van der Waals surface area (Å²) in [5.74, 6) is 0.958. The Labute approximate surface area is 117 Å². The molecule has 1 aliphatic rings. The molecule has 108 valence electrons. The summed E-state index contributed by atoms with van der Waals surface area (Å²) in [6.07, 6.45) is 9.56. The lowest BCUT2D eigenvalue weighted by atomic mass is 9.85. The molecular weight excluding hydrogens is 260 g/mol. The van der Waals surface area contributed by atoms with E-state index < -0.39 is 6.61 Å². The first kappa shape index (κ1) is 13.4. The third-order valence-electron chi connectivity index (χ3n) is 4.20. The average Bonchev–Trinajstić information content (AvgIpc) is 2.82. The van der Waals surface area contributed by atoms with Crippen molar-refractivity contribution in [2.24, 2.45) is 5.92 Å². The highest BCUT2D eigenvalue weighted by Gasteiger charge is 2.16. The number of hydrogen-bond acceptors (Lipinski definition) is 1. The van der Waals surface area contributed by atoms with Crippen molar-refractivity contribution in [2.75, 3.05) is 0 Å². The summed E-state index contributed by atoms with van der Waals surface area (Å²) in [5, 5.41) is 1.01. The van der Waals surface area contributed by atoms with Gasteiger partial charge in [-0.15, -0.1) is 0 Å². The minimum absolute atomic E-state index is 0.233. The van der Waals surface area contributed by atoms with E-state index >= 15 is 0 Å². The standard InChI is InChI=1S/C16H19F2NO/c17-16(18)20-13-6-7-15-14(9-13)12(10-19-15)8-11-4-2-1-3-5-11/h6-7,9-11,16,19H,1-5,8H2. The van der Waals surface area contributed by atoms with Gasteiger partial charge >= 0.3 is 6.61 Å². The number of ether oxygens (including phenoxy) is 1. The summed E-state index contributed by atoms with van der Waals surface area (Å²) in [5.41, 5.74) is 2.20. The van der Waals surface area contributed by atoms with Gasteiger partial charge in [0.05, 0.1) is 0 Å². The molecule has 3 rings (SSSR count). The molecule has 4 heteroatoms. The van der Waals surface area contributed by atoms with Crippen LogP contribution in [0.1, 0.15) is 37.7 Å². The Morgan fingerprint density at radius 2 is 2.00 bits per heavy atom. The zero-order valence-electron chi connectivity index (χ0n) is 11.4. The van der Waals surface area contributed by atoms with Gasteiger partial charge in [-0.25, -0.2) is 0 Å². The molecule has 0 spiro atoms. The van der Waals surface area contributed by atoms with Gasteiger partial charge < -0.3 is 9.72 Å². The predicted octanol–water partition coefficient (Wildman–Crippen LogP) is 4.89. The Bertz CT molecular complexity index is 573. The van der Waals surface area contributed by atoms with Gasteiger partial charge in [-0.2, -0.15) is 8.78 Å². The molecular formula is C16H19F2NO. The van der Waals surface area contributed by atoms with Gasteiger partial charge in [-0.3, -0.25) is 0 Å². The van der Waals surface area contributed by atoms with Crippen LogP contribution >= 0.6 is 0 Å². The number of H-pyrrole nitrogens is 1. The first-order valence-corrected chi connectivity index (χ1v) is 7.27. The van der Waals surface area contributed by atoms with Crippen LogP contribution in [0, 0.1) is 5.92 Å². The second kappa shape index (κ2) is 5.81. The molecule has 1 fully saturated rings. The molecule has 0 amide bonds. The first-order valence-electron chi connectivity index (χ1n) is 7.27. The maximum absolute atomic E-state index is 12.3. The monoisotopic (exact) mass is 279 g/mol. The highest BCUT2D eigenvalue weighted by molar-refractivity contribution is 5.84. The molecule has 0 radical (unpaired) electrons. The van der Waals surface area contributed by atoms with Gasteiger partial charge in [0.1, 0.15) is 5.75 Å². The van der Waals surface area contributed by atoms with E-state index in [4.69, 9.17) is 0 Å². The number of hydrogen-bond donors (Lipinski definition) is 1. The number of alkyl halides is 2. The first-order chi connectivity index (χ1) is 9.72. The second-order valence-electron chi connectivity index (χ2n) is 5.61. The number of halogens is 2. The molecule has 1 heterocycles. The maximum atomic E-state index is 12.3. The van der Waals surface area contributed by atoms with E-state index in [9.17, 15) is 8.78 Å². The number of benzene rings is 1. The van der Waals surface area contributed by atoms with Crippen molar-refractivity contribution in [3.05, 3.63) is 30.0 Å². The topological polar surface area (TPSA) is 25.0 Å². The predicted molar refractivity (Wildman–Crippen MR) is 75.2 cm³/mol. The van der Waals surface area contributed by atoms with Gasteiger partial charge in [-0.05, 0) is 36.1 Å². The largest absolute Gasteiger partial charge is 0.435 e. The highest BCUT2D eigenvalue weighted by atomic mass is 19.3. The molecule has 2 nitrogen and oxygen atoms in total. The lowest BCUT2D eigenvalue weighted by Gasteiger charge is -2.21. The number of nitrogens with one attached hydrogen (secondary N) is 1. The fourth-order valence-corrected chi connectivity index (χ4v) is 3.20. The molecule has 20 heavy (non-hydrogen) atoms. The molecule has 0 saturated heterocycles. The summed E-state index contributed by atoms with van der Waals surface area (Å²) in [6, 6.07) is 5.10. The maximum Gasteiger partial charge on any atom is 0.387 e. The van der Waals surface area contributed by atoms with Gasteiger partial charge in [-0.1, -0.05) is 32.1 Å². The van der Waals surface area contributed by atoms with E-state index in [2.05, 4.69) is 9.72 Å². The van der Waals surface area contributed by atoms with Crippen LogP contribution in [-0.2, 0) is 6.42 Å². The van der Waals surface area contributed by atoms with Gasteiger partial charge in [0, 0.05) is 17.1 Å². The molecule has 0 bridgehead atoms. The van der Waals surface area contributed by atoms with Gasteiger partial charge in [0.25, 0.3) is 0 Å². The fraction of sp³-hybridized carbons (Fsp3) is 0.500. The molecule has 1 aliphatic carbocycles. The van der Waals surface area contributed by atoms with Crippen molar-refractivity contribution in [1.29, 1.82) is 0 Å². The SMILES string of the molecule is FC(F)Oc1ccc2[nH]cc(CC3CCCCC3)c2c1. The Morgan fingerprint density at radius 1 is 1.20 bits per heavy atom.